The van der Waals surface area contributed by atoms with E-state index in [0.717, 1.165) is 30.4 Å². The molecule has 2 rings (SSSR count). The van der Waals surface area contributed by atoms with Gasteiger partial charge in [-0.15, -0.1) is 0 Å². The van der Waals surface area contributed by atoms with Crippen molar-refractivity contribution in [2.45, 2.75) is 44.0 Å². The largest absolute Gasteiger partial charge is 0.241 e. The number of fused-ring (bicyclic) bond motifs is 1. The first-order valence-electron chi connectivity index (χ1n) is 5.73. The molecule has 16 heavy (non-hydrogen) atoms. The molecule has 1 heterocycles. The van der Waals surface area contributed by atoms with Crippen molar-refractivity contribution in [2.75, 3.05) is 0 Å². The Balaban J connectivity index is 2.50. The average molecular weight is 239 g/mol. The quantitative estimate of drug-likeness (QED) is 0.880. The third-order valence-electron chi connectivity index (χ3n) is 2.99. The fraction of sp³-hybridized carbons (Fsp3) is 0.500. The van der Waals surface area contributed by atoms with Crippen LogP contribution in [0.15, 0.2) is 23.1 Å². The molecule has 1 atom stereocenters. The normalized spacial score (nSPS) is 22.0. The van der Waals surface area contributed by atoms with E-state index < -0.39 is 10.0 Å². The molecule has 3 nitrogen and oxygen atoms in total. The zero-order valence-electron chi connectivity index (χ0n) is 9.66. The molecule has 0 saturated heterocycles. The van der Waals surface area contributed by atoms with Crippen LogP contribution in [-0.4, -0.2) is 8.42 Å². The molecule has 1 aromatic rings. The lowest BCUT2D eigenvalue weighted by atomic mass is 10.0. The predicted molar refractivity (Wildman–Crippen MR) is 63.8 cm³/mol. The Morgan fingerprint density at radius 2 is 2.06 bits per heavy atom. The number of aryl methyl sites for hydroxylation is 1. The molecule has 0 spiro atoms. The molecule has 4 heteroatoms. The molecular formula is C12H17NO2S. The van der Waals surface area contributed by atoms with Crippen LogP contribution >= 0.6 is 0 Å². The van der Waals surface area contributed by atoms with E-state index in [1.807, 2.05) is 25.1 Å². The minimum absolute atomic E-state index is 0.0457. The van der Waals surface area contributed by atoms with Gasteiger partial charge in [-0.25, -0.2) is 13.1 Å². The zero-order valence-corrected chi connectivity index (χ0v) is 10.5. The van der Waals surface area contributed by atoms with Crippen LogP contribution in [0.1, 0.15) is 43.9 Å². The van der Waals surface area contributed by atoms with Gasteiger partial charge in [0.05, 0.1) is 4.90 Å². The Hall–Kier alpha value is -0.870. The summed E-state index contributed by atoms with van der Waals surface area (Å²) in [6, 6.07) is 5.76. The maximum absolute atomic E-state index is 11.9. The highest BCUT2D eigenvalue weighted by Gasteiger charge is 2.32. The topological polar surface area (TPSA) is 46.2 Å². The molecule has 1 N–H and O–H groups in total. The lowest BCUT2D eigenvalue weighted by molar-refractivity contribution is 0.571. The highest BCUT2D eigenvalue weighted by atomic mass is 32.2. The van der Waals surface area contributed by atoms with Crippen LogP contribution in [0.2, 0.25) is 0 Å². The van der Waals surface area contributed by atoms with Crippen LogP contribution in [0.5, 0.6) is 0 Å². The summed E-state index contributed by atoms with van der Waals surface area (Å²) in [5.41, 5.74) is 2.02. The van der Waals surface area contributed by atoms with Gasteiger partial charge < -0.3 is 0 Å². The van der Waals surface area contributed by atoms with Crippen molar-refractivity contribution in [3.63, 3.8) is 0 Å². The van der Waals surface area contributed by atoms with Crippen molar-refractivity contribution in [1.29, 1.82) is 0 Å². The van der Waals surface area contributed by atoms with Crippen molar-refractivity contribution >= 4 is 10.0 Å². The van der Waals surface area contributed by atoms with Gasteiger partial charge >= 0.3 is 0 Å². The minimum atomic E-state index is -3.26. The van der Waals surface area contributed by atoms with Crippen LogP contribution in [0.25, 0.3) is 0 Å². The third-order valence-corrected chi connectivity index (χ3v) is 4.51. The maximum Gasteiger partial charge on any atom is 0.241 e. The molecule has 0 aromatic heterocycles. The molecule has 0 saturated carbocycles. The maximum atomic E-state index is 11.9. The van der Waals surface area contributed by atoms with Crippen LogP contribution < -0.4 is 4.72 Å². The summed E-state index contributed by atoms with van der Waals surface area (Å²) in [5.74, 6) is 0. The summed E-state index contributed by atoms with van der Waals surface area (Å²) in [6.07, 6.45) is 2.75. The van der Waals surface area contributed by atoms with E-state index in [4.69, 9.17) is 0 Å². The Labute approximate surface area is 96.9 Å². The van der Waals surface area contributed by atoms with Crippen molar-refractivity contribution < 1.29 is 8.42 Å². The molecule has 88 valence electrons. The fourth-order valence-electron chi connectivity index (χ4n) is 2.16. The second-order valence-electron chi connectivity index (χ2n) is 4.20. The van der Waals surface area contributed by atoms with Crippen LogP contribution in [0.4, 0.5) is 0 Å². The molecule has 0 radical (unpaired) electrons. The number of nitrogens with one attached hydrogen (secondary N) is 1. The van der Waals surface area contributed by atoms with E-state index in [2.05, 4.69) is 11.6 Å². The molecule has 1 aliphatic heterocycles. The molecule has 1 aliphatic rings. The number of hydrogen-bond acceptors (Lipinski definition) is 2. The molecule has 0 bridgehead atoms. The van der Waals surface area contributed by atoms with Gasteiger partial charge in [0.25, 0.3) is 0 Å². The lowest BCUT2D eigenvalue weighted by Gasteiger charge is -2.06. The zero-order chi connectivity index (χ0) is 11.8. The van der Waals surface area contributed by atoms with Crippen molar-refractivity contribution in [1.82, 2.24) is 4.72 Å². The van der Waals surface area contributed by atoms with E-state index in [9.17, 15) is 8.42 Å². The Bertz CT molecular complexity index is 494. The molecular weight excluding hydrogens is 222 g/mol. The highest BCUT2D eigenvalue weighted by molar-refractivity contribution is 7.89. The summed E-state index contributed by atoms with van der Waals surface area (Å²) >= 11 is 0. The Kier molecular flexibility index (Phi) is 3.04. The summed E-state index contributed by atoms with van der Waals surface area (Å²) in [5, 5.41) is 0. The Morgan fingerprint density at radius 3 is 2.69 bits per heavy atom. The number of sulfonamides is 1. The Morgan fingerprint density at radius 1 is 1.31 bits per heavy atom. The molecule has 0 fully saturated rings. The van der Waals surface area contributed by atoms with Gasteiger partial charge in [-0.1, -0.05) is 32.4 Å². The summed E-state index contributed by atoms with van der Waals surface area (Å²) in [7, 11) is -3.26. The number of benzene rings is 1. The van der Waals surface area contributed by atoms with Crippen molar-refractivity contribution in [2.24, 2.45) is 0 Å². The van der Waals surface area contributed by atoms with Gasteiger partial charge in [-0.2, -0.15) is 0 Å². The molecule has 0 unspecified atom stereocenters. The number of hydrogen-bond donors (Lipinski definition) is 1. The second kappa shape index (κ2) is 4.18. The van der Waals surface area contributed by atoms with Crippen LogP contribution in [0.3, 0.4) is 0 Å². The van der Waals surface area contributed by atoms with Gasteiger partial charge in [0, 0.05) is 6.04 Å². The molecule has 1 aromatic carbocycles. The molecule has 0 aliphatic carbocycles. The van der Waals surface area contributed by atoms with Gasteiger partial charge in [0.15, 0.2) is 0 Å². The summed E-state index contributed by atoms with van der Waals surface area (Å²) in [4.78, 5) is 0.477. The predicted octanol–water partition coefficient (Wildman–Crippen LogP) is 2.38. The van der Waals surface area contributed by atoms with Gasteiger partial charge in [-0.3, -0.25) is 0 Å². The van der Waals surface area contributed by atoms with Gasteiger partial charge in [0.1, 0.15) is 0 Å². The summed E-state index contributed by atoms with van der Waals surface area (Å²) < 4.78 is 26.4. The monoisotopic (exact) mass is 239 g/mol. The first-order valence-corrected chi connectivity index (χ1v) is 7.22. The fourth-order valence-corrected chi connectivity index (χ4v) is 3.78. The minimum Gasteiger partial charge on any atom is -0.207 e. The third kappa shape index (κ3) is 1.87. The van der Waals surface area contributed by atoms with Gasteiger partial charge in [-0.05, 0) is 30.0 Å². The molecule has 0 amide bonds. The van der Waals surface area contributed by atoms with Gasteiger partial charge in [0.2, 0.25) is 10.0 Å². The van der Waals surface area contributed by atoms with Crippen molar-refractivity contribution in [3.8, 4) is 0 Å². The van der Waals surface area contributed by atoms with E-state index in [-0.39, 0.29) is 6.04 Å². The lowest BCUT2D eigenvalue weighted by Crippen LogP contribution is -2.18. The SMILES string of the molecule is CCCc1ccc2c(c1)S(=O)(=O)N[C@H]2CC. The summed E-state index contributed by atoms with van der Waals surface area (Å²) in [6.45, 7) is 4.08. The van der Waals surface area contributed by atoms with E-state index in [1.165, 1.54) is 0 Å². The van der Waals surface area contributed by atoms with Crippen LogP contribution in [-0.2, 0) is 16.4 Å². The van der Waals surface area contributed by atoms with E-state index in [0.29, 0.717) is 4.90 Å². The highest BCUT2D eigenvalue weighted by Crippen LogP contribution is 2.33. The number of rotatable bonds is 3. The van der Waals surface area contributed by atoms with Crippen molar-refractivity contribution in [3.05, 3.63) is 29.3 Å². The van der Waals surface area contributed by atoms with Crippen LogP contribution in [0, 0.1) is 0 Å². The first kappa shape index (κ1) is 11.6. The second-order valence-corrected chi connectivity index (χ2v) is 5.89. The first-order chi connectivity index (χ1) is 7.58. The smallest absolute Gasteiger partial charge is 0.207 e. The average Bonchev–Trinajstić information content (AvgIpc) is 2.51. The van der Waals surface area contributed by atoms with E-state index >= 15 is 0 Å². The standard InChI is InChI=1S/C12H17NO2S/c1-3-5-9-6-7-10-11(4-2)13-16(14,15)12(10)8-9/h6-8,11,13H,3-5H2,1-2H3/t11-/m0/s1. The van der Waals surface area contributed by atoms with E-state index in [1.54, 1.807) is 0 Å².